The van der Waals surface area contributed by atoms with Gasteiger partial charge >= 0.3 is 0 Å². The molecule has 1 aromatic carbocycles. The van der Waals surface area contributed by atoms with E-state index < -0.39 is 10.0 Å². The molecule has 0 aliphatic carbocycles. The van der Waals surface area contributed by atoms with Crippen LogP contribution in [0.4, 0.5) is 0 Å². The first kappa shape index (κ1) is 20.1. The number of hydrogen-bond acceptors (Lipinski definition) is 5. The van der Waals surface area contributed by atoms with E-state index in [1.54, 1.807) is 29.3 Å². The Kier molecular flexibility index (Phi) is 5.73. The monoisotopic (exact) mass is 450 g/mol. The fourth-order valence-corrected chi connectivity index (χ4v) is 6.27. The molecule has 0 N–H and O–H groups in total. The Morgan fingerprint density at radius 2 is 1.79 bits per heavy atom. The SMILES string of the molecule is O=C(c1ccc(Cn2cccn2)cc1)N1CCN(S(=O)(=O)c2ccc(Cl)s2)CC1. The zero-order valence-corrected chi connectivity index (χ0v) is 17.8. The van der Waals surface area contributed by atoms with E-state index in [0.29, 0.717) is 29.5 Å². The highest BCUT2D eigenvalue weighted by Gasteiger charge is 2.31. The van der Waals surface area contributed by atoms with Crippen LogP contribution in [0.1, 0.15) is 15.9 Å². The van der Waals surface area contributed by atoms with Crippen molar-refractivity contribution in [3.63, 3.8) is 0 Å². The number of carbonyl (C=O) groups is 1. The number of hydrogen-bond donors (Lipinski definition) is 0. The van der Waals surface area contributed by atoms with E-state index in [4.69, 9.17) is 11.6 Å². The van der Waals surface area contributed by atoms with Gasteiger partial charge in [-0.2, -0.15) is 9.40 Å². The second kappa shape index (κ2) is 8.27. The number of aromatic nitrogens is 2. The minimum Gasteiger partial charge on any atom is -0.336 e. The number of sulfonamides is 1. The average Bonchev–Trinajstić information content (AvgIpc) is 3.40. The van der Waals surface area contributed by atoms with E-state index in [1.165, 1.54) is 10.4 Å². The molecule has 1 aliphatic heterocycles. The first-order chi connectivity index (χ1) is 13.9. The van der Waals surface area contributed by atoms with Crippen molar-refractivity contribution in [2.45, 2.75) is 10.8 Å². The molecule has 0 spiro atoms. The van der Waals surface area contributed by atoms with Gasteiger partial charge in [0, 0.05) is 44.1 Å². The van der Waals surface area contributed by atoms with E-state index in [0.717, 1.165) is 16.9 Å². The third-order valence-corrected chi connectivity index (χ3v) is 8.37. The number of carbonyl (C=O) groups excluding carboxylic acids is 1. The largest absolute Gasteiger partial charge is 0.336 e. The number of nitrogens with zero attached hydrogens (tertiary/aromatic N) is 4. The van der Waals surface area contributed by atoms with Crippen molar-refractivity contribution in [2.75, 3.05) is 26.2 Å². The maximum absolute atomic E-state index is 12.8. The molecular weight excluding hydrogens is 432 g/mol. The first-order valence-electron chi connectivity index (χ1n) is 9.04. The van der Waals surface area contributed by atoms with Crippen LogP contribution in [0.25, 0.3) is 0 Å². The molecule has 1 saturated heterocycles. The minimum absolute atomic E-state index is 0.0909. The Morgan fingerprint density at radius 1 is 1.07 bits per heavy atom. The molecule has 0 bridgehead atoms. The summed E-state index contributed by atoms with van der Waals surface area (Å²) in [4.78, 5) is 14.5. The van der Waals surface area contributed by atoms with Crippen LogP contribution in [0.2, 0.25) is 4.34 Å². The predicted molar refractivity (Wildman–Crippen MR) is 112 cm³/mol. The summed E-state index contributed by atoms with van der Waals surface area (Å²) in [5.74, 6) is -0.0909. The topological polar surface area (TPSA) is 75.5 Å². The fraction of sp³-hybridized carbons (Fsp3) is 0.263. The summed E-state index contributed by atoms with van der Waals surface area (Å²) in [5, 5.41) is 4.17. The van der Waals surface area contributed by atoms with Gasteiger partial charge in [0.05, 0.1) is 10.9 Å². The van der Waals surface area contributed by atoms with E-state index >= 15 is 0 Å². The molecule has 0 unspecified atom stereocenters. The third kappa shape index (κ3) is 4.37. The summed E-state index contributed by atoms with van der Waals surface area (Å²) in [6.07, 6.45) is 3.61. The molecule has 29 heavy (non-hydrogen) atoms. The van der Waals surface area contributed by atoms with Gasteiger partial charge in [-0.3, -0.25) is 9.48 Å². The van der Waals surface area contributed by atoms with Crippen LogP contribution in [0, 0.1) is 0 Å². The van der Waals surface area contributed by atoms with Crippen LogP contribution in [-0.2, 0) is 16.6 Å². The molecule has 1 amide bonds. The summed E-state index contributed by atoms with van der Waals surface area (Å²) in [7, 11) is -3.56. The molecule has 4 rings (SSSR count). The van der Waals surface area contributed by atoms with Gasteiger partial charge in [-0.25, -0.2) is 8.42 Å². The number of rotatable bonds is 5. The normalized spacial score (nSPS) is 15.6. The van der Waals surface area contributed by atoms with E-state index in [9.17, 15) is 13.2 Å². The maximum atomic E-state index is 12.8. The Hall–Kier alpha value is -2.20. The van der Waals surface area contributed by atoms with Crippen LogP contribution in [0.3, 0.4) is 0 Å². The van der Waals surface area contributed by atoms with Crippen LogP contribution in [0.5, 0.6) is 0 Å². The van der Waals surface area contributed by atoms with E-state index in [1.807, 2.05) is 29.1 Å². The van der Waals surface area contributed by atoms with Crippen molar-refractivity contribution < 1.29 is 13.2 Å². The zero-order valence-electron chi connectivity index (χ0n) is 15.4. The van der Waals surface area contributed by atoms with Crippen LogP contribution in [-0.4, -0.2) is 59.5 Å². The Morgan fingerprint density at radius 3 is 2.38 bits per heavy atom. The molecule has 3 aromatic rings. The highest BCUT2D eigenvalue weighted by atomic mass is 35.5. The molecule has 1 aliphatic rings. The van der Waals surface area contributed by atoms with Gasteiger partial charge in [-0.05, 0) is 35.9 Å². The van der Waals surface area contributed by atoms with Crippen LogP contribution >= 0.6 is 22.9 Å². The molecule has 2 aromatic heterocycles. The van der Waals surface area contributed by atoms with Crippen molar-refractivity contribution in [3.8, 4) is 0 Å². The van der Waals surface area contributed by atoms with Gasteiger partial charge in [0.1, 0.15) is 4.21 Å². The molecule has 152 valence electrons. The van der Waals surface area contributed by atoms with Crippen LogP contribution in [0.15, 0.2) is 59.1 Å². The number of halogens is 1. The highest BCUT2D eigenvalue weighted by molar-refractivity contribution is 7.91. The summed E-state index contributed by atoms with van der Waals surface area (Å²) >= 11 is 6.91. The highest BCUT2D eigenvalue weighted by Crippen LogP contribution is 2.28. The molecule has 0 atom stereocenters. The van der Waals surface area contributed by atoms with Crippen LogP contribution < -0.4 is 0 Å². The fourth-order valence-electron chi connectivity index (χ4n) is 3.21. The molecule has 7 nitrogen and oxygen atoms in total. The lowest BCUT2D eigenvalue weighted by Gasteiger charge is -2.33. The molecule has 0 radical (unpaired) electrons. The van der Waals surface area contributed by atoms with Gasteiger partial charge in [-0.15, -0.1) is 11.3 Å². The summed E-state index contributed by atoms with van der Waals surface area (Å²) < 4.78 is 29.3. The molecule has 10 heteroatoms. The lowest BCUT2D eigenvalue weighted by molar-refractivity contribution is 0.0698. The number of amides is 1. The second-order valence-corrected chi connectivity index (χ2v) is 10.5. The van der Waals surface area contributed by atoms with Gasteiger partial charge in [0.15, 0.2) is 0 Å². The lowest BCUT2D eigenvalue weighted by atomic mass is 10.1. The second-order valence-electron chi connectivity index (χ2n) is 6.66. The number of thiophene rings is 1. The van der Waals surface area contributed by atoms with Gasteiger partial charge in [0.2, 0.25) is 0 Å². The van der Waals surface area contributed by atoms with Crippen molar-refractivity contribution in [3.05, 3.63) is 70.3 Å². The maximum Gasteiger partial charge on any atom is 0.253 e. The van der Waals surface area contributed by atoms with Crippen molar-refractivity contribution in [1.29, 1.82) is 0 Å². The zero-order chi connectivity index (χ0) is 20.4. The van der Waals surface area contributed by atoms with Crippen molar-refractivity contribution in [2.24, 2.45) is 0 Å². The lowest BCUT2D eigenvalue weighted by Crippen LogP contribution is -2.50. The van der Waals surface area contributed by atoms with E-state index in [-0.39, 0.29) is 23.2 Å². The Bertz CT molecular complexity index is 1090. The first-order valence-corrected chi connectivity index (χ1v) is 11.7. The summed E-state index contributed by atoms with van der Waals surface area (Å²) in [6.45, 7) is 1.88. The molecule has 1 fully saturated rings. The molecule has 3 heterocycles. The standard InChI is InChI=1S/C19H19ClN4O3S2/c20-17-6-7-18(28-17)29(26,27)24-12-10-22(11-13-24)19(25)16-4-2-15(3-5-16)14-23-9-1-8-21-23/h1-9H,10-14H2. The van der Waals surface area contributed by atoms with Crippen molar-refractivity contribution in [1.82, 2.24) is 19.0 Å². The average molecular weight is 451 g/mol. The summed E-state index contributed by atoms with van der Waals surface area (Å²) in [6, 6.07) is 12.4. The molecular formula is C19H19ClN4O3S2. The van der Waals surface area contributed by atoms with Gasteiger partial charge in [-0.1, -0.05) is 23.7 Å². The Labute approximate surface area is 178 Å². The third-order valence-electron chi connectivity index (χ3n) is 4.77. The van der Waals surface area contributed by atoms with E-state index in [2.05, 4.69) is 5.10 Å². The quantitative estimate of drug-likeness (QED) is 0.599. The van der Waals surface area contributed by atoms with Crippen molar-refractivity contribution >= 4 is 38.9 Å². The number of benzene rings is 1. The smallest absolute Gasteiger partial charge is 0.253 e. The van der Waals surface area contributed by atoms with Gasteiger partial charge < -0.3 is 4.90 Å². The predicted octanol–water partition coefficient (Wildman–Crippen LogP) is 2.79. The molecule has 0 saturated carbocycles. The summed E-state index contributed by atoms with van der Waals surface area (Å²) in [5.41, 5.74) is 1.64. The minimum atomic E-state index is -3.56. The van der Waals surface area contributed by atoms with Gasteiger partial charge in [0.25, 0.3) is 15.9 Å². The Balaban J connectivity index is 1.37. The number of piperazine rings is 1.